The van der Waals surface area contributed by atoms with Crippen molar-refractivity contribution in [1.29, 1.82) is 10.5 Å². The van der Waals surface area contributed by atoms with Gasteiger partial charge in [0.1, 0.15) is 23.3 Å². The van der Waals surface area contributed by atoms with Gasteiger partial charge in [-0.3, -0.25) is 0 Å². The smallest absolute Gasteiger partial charge is 0.150 e. The van der Waals surface area contributed by atoms with Gasteiger partial charge in [-0.05, 0) is 105 Å². The van der Waals surface area contributed by atoms with Crippen LogP contribution in [-0.4, -0.2) is 16.1 Å². The van der Waals surface area contributed by atoms with E-state index in [1.165, 1.54) is 22.5 Å². The Morgan fingerprint density at radius 2 is 0.757 bits per heavy atom. The van der Waals surface area contributed by atoms with Gasteiger partial charge in [0.15, 0.2) is 0 Å². The lowest BCUT2D eigenvalue weighted by Gasteiger charge is -2.30. The van der Waals surface area contributed by atoms with Crippen molar-refractivity contribution >= 4 is 93.0 Å². The lowest BCUT2D eigenvalue weighted by molar-refractivity contribution is 0.586. The molecule has 0 radical (unpaired) electrons. The quantitative estimate of drug-likeness (QED) is 0.0779. The number of nitrogens with zero attached hydrogens (tertiary/aromatic N) is 4. The third-order valence-electron chi connectivity index (χ3n) is 13.2. The molecule has 0 heterocycles. The molecule has 10 rings (SSSR count). The zero-order chi connectivity index (χ0) is 49.2. The fourth-order valence-electron chi connectivity index (χ4n) is 9.57. The largest absolute Gasteiger partial charge is 0.307 e. The topological polar surface area (TPSA) is 54.1 Å². The molecule has 0 atom stereocenters. The number of benzene rings is 10. The van der Waals surface area contributed by atoms with Gasteiger partial charge in [-0.2, -0.15) is 10.5 Å². The first-order valence-corrected chi connectivity index (χ1v) is 30.0. The monoisotopic (exact) mass is 954 g/mol. The van der Waals surface area contributed by atoms with Crippen LogP contribution < -0.4 is 20.2 Å². The molecule has 0 aliphatic rings. The molecule has 0 N–H and O–H groups in total. The second-order valence-corrected chi connectivity index (χ2v) is 30.0. The molecule has 70 heavy (non-hydrogen) atoms. The Morgan fingerprint density at radius 1 is 0.386 bits per heavy atom. The van der Waals surface area contributed by atoms with Crippen molar-refractivity contribution in [3.05, 3.63) is 204 Å². The van der Waals surface area contributed by atoms with Crippen LogP contribution >= 0.6 is 0 Å². The average molecular weight is 955 g/mol. The molecule has 0 bridgehead atoms. The highest BCUT2D eigenvalue weighted by Gasteiger charge is 2.28. The highest BCUT2D eigenvalue weighted by Crippen LogP contribution is 2.49. The van der Waals surface area contributed by atoms with Crippen molar-refractivity contribution in [2.45, 2.75) is 39.3 Å². The summed E-state index contributed by atoms with van der Waals surface area (Å²) in [5.41, 5.74) is 4.71. The molecule has 342 valence electrons. The molecule has 0 aromatic heterocycles. The minimum Gasteiger partial charge on any atom is -0.307 e. The van der Waals surface area contributed by atoms with E-state index in [0.29, 0.717) is 45.0 Å². The van der Waals surface area contributed by atoms with Crippen LogP contribution in [0.25, 0.3) is 54.6 Å². The maximum atomic E-state index is 16.8. The van der Waals surface area contributed by atoms with Crippen LogP contribution in [0.2, 0.25) is 39.3 Å². The first-order chi connectivity index (χ1) is 33.5. The van der Waals surface area contributed by atoms with E-state index in [2.05, 4.69) is 75.7 Å². The number of rotatable bonds is 10. The molecule has 0 aliphatic carbocycles. The number of anilines is 6. The molecule has 0 spiro atoms. The fourth-order valence-corrected chi connectivity index (χ4v) is 11.9. The minimum atomic E-state index is -1.75. The Morgan fingerprint density at radius 3 is 1.11 bits per heavy atom. The molecule has 10 aromatic rings. The zero-order valence-corrected chi connectivity index (χ0v) is 41.5. The van der Waals surface area contributed by atoms with E-state index in [1.807, 2.05) is 82.6 Å². The van der Waals surface area contributed by atoms with E-state index in [1.54, 1.807) is 48.5 Å². The van der Waals surface area contributed by atoms with Gasteiger partial charge in [0.2, 0.25) is 0 Å². The molecule has 0 fully saturated rings. The van der Waals surface area contributed by atoms with Crippen LogP contribution in [0.4, 0.5) is 51.7 Å². The summed E-state index contributed by atoms with van der Waals surface area (Å²) in [4.78, 5) is 3.66. The highest BCUT2D eigenvalue weighted by molar-refractivity contribution is 6.89. The molecule has 0 unspecified atom stereocenters. The van der Waals surface area contributed by atoms with E-state index in [9.17, 15) is 10.5 Å². The second kappa shape index (κ2) is 17.5. The van der Waals surface area contributed by atoms with Crippen LogP contribution in [-0.2, 0) is 0 Å². The predicted octanol–water partition coefficient (Wildman–Crippen LogP) is 16.2. The minimum absolute atomic E-state index is 0.117. The van der Waals surface area contributed by atoms with Gasteiger partial charge in [0, 0.05) is 45.4 Å². The van der Waals surface area contributed by atoms with E-state index >= 15 is 17.6 Å². The summed E-state index contributed by atoms with van der Waals surface area (Å²) in [5, 5.41) is 27.0. The average Bonchev–Trinajstić information content (AvgIpc) is 3.35. The van der Waals surface area contributed by atoms with Crippen molar-refractivity contribution in [3.63, 3.8) is 0 Å². The summed E-state index contributed by atoms with van der Waals surface area (Å²) in [7, 11) is -3.50. The standard InChI is InChI=1S/C60H46F4N4Si2/c1-69(2,3)45-21-17-43(18-22-45)67(57-31-49(51(61)33-53(57)63)41-11-7-9-37(29-41)35-65)55-27-15-39-14-26-48-56(28-16-40-13-25-47(55)59(39)60(40)48)68(44-19-23-46(24-20-44)70(4,5)6)58-32-50(52(62)34-54(58)64)42-12-8-10-38(30-42)36-66/h7-34H,1-6H3. The lowest BCUT2D eigenvalue weighted by Crippen LogP contribution is -2.37. The first kappa shape index (κ1) is 45.7. The molecule has 0 saturated carbocycles. The summed E-state index contributed by atoms with van der Waals surface area (Å²) in [5.74, 6) is -3.05. The lowest BCUT2D eigenvalue weighted by atomic mass is 9.91. The third-order valence-corrected chi connectivity index (χ3v) is 17.4. The van der Waals surface area contributed by atoms with E-state index in [0.717, 1.165) is 44.5 Å². The first-order valence-electron chi connectivity index (χ1n) is 23.0. The number of hydrogen-bond acceptors (Lipinski definition) is 4. The van der Waals surface area contributed by atoms with Crippen LogP contribution in [0.1, 0.15) is 11.1 Å². The normalized spacial score (nSPS) is 11.8. The molecule has 4 nitrogen and oxygen atoms in total. The Bertz CT molecular complexity index is 3520. The van der Waals surface area contributed by atoms with E-state index in [-0.39, 0.29) is 22.5 Å². The molecular formula is C60H46F4N4Si2. The van der Waals surface area contributed by atoms with E-state index in [4.69, 9.17) is 0 Å². The van der Waals surface area contributed by atoms with Gasteiger partial charge in [0.25, 0.3) is 0 Å². The van der Waals surface area contributed by atoms with Gasteiger partial charge in [0.05, 0.1) is 62.2 Å². The maximum Gasteiger partial charge on any atom is 0.150 e. The Hall–Kier alpha value is -8.03. The Balaban J connectivity index is 1.23. The van der Waals surface area contributed by atoms with Crippen LogP contribution in [0.15, 0.2) is 170 Å². The third kappa shape index (κ3) is 8.15. The summed E-state index contributed by atoms with van der Waals surface area (Å²) >= 11 is 0. The maximum absolute atomic E-state index is 16.8. The summed E-state index contributed by atoms with van der Waals surface area (Å²) < 4.78 is 65.4. The Labute approximate surface area is 406 Å². The molecular weight excluding hydrogens is 909 g/mol. The SMILES string of the molecule is C[Si](C)(C)c1ccc(N(c2cc(-c3cccc(C#N)c3)c(F)cc2F)c2ccc3ccc4c(N(c5ccc([Si](C)(C)C)cc5)c5cc(-c6cccc(C#N)c6)c(F)cc5F)ccc5ccc2c3c54)cc1. The predicted molar refractivity (Wildman–Crippen MR) is 286 cm³/mol. The summed E-state index contributed by atoms with van der Waals surface area (Å²) in [6, 6.07) is 54.6. The number of halogens is 4. The van der Waals surface area contributed by atoms with Crippen molar-refractivity contribution in [2.75, 3.05) is 9.80 Å². The Kier molecular flexibility index (Phi) is 11.4. The van der Waals surface area contributed by atoms with Crippen molar-refractivity contribution in [2.24, 2.45) is 0 Å². The van der Waals surface area contributed by atoms with E-state index < -0.39 is 39.4 Å². The summed E-state index contributed by atoms with van der Waals surface area (Å²) in [6.45, 7) is 13.6. The van der Waals surface area contributed by atoms with Crippen molar-refractivity contribution in [1.82, 2.24) is 0 Å². The molecule has 0 saturated heterocycles. The van der Waals surface area contributed by atoms with Crippen molar-refractivity contribution in [3.8, 4) is 34.4 Å². The van der Waals surface area contributed by atoms with Gasteiger partial charge in [-0.25, -0.2) is 17.6 Å². The van der Waals surface area contributed by atoms with Crippen LogP contribution in [0.3, 0.4) is 0 Å². The van der Waals surface area contributed by atoms with Gasteiger partial charge in [-0.15, -0.1) is 0 Å². The number of nitriles is 2. The van der Waals surface area contributed by atoms with Crippen LogP contribution in [0.5, 0.6) is 0 Å². The van der Waals surface area contributed by atoms with Gasteiger partial charge < -0.3 is 9.80 Å². The molecule has 10 aromatic carbocycles. The fraction of sp³-hybridized carbons (Fsp3) is 0.100. The van der Waals surface area contributed by atoms with Crippen LogP contribution in [0, 0.1) is 45.9 Å². The summed E-state index contributed by atoms with van der Waals surface area (Å²) in [6.07, 6.45) is 0. The molecule has 10 heteroatoms. The van der Waals surface area contributed by atoms with Crippen molar-refractivity contribution < 1.29 is 17.6 Å². The van der Waals surface area contributed by atoms with Gasteiger partial charge >= 0.3 is 0 Å². The molecule has 0 amide bonds. The second-order valence-electron chi connectivity index (χ2n) is 19.8. The number of hydrogen-bond donors (Lipinski definition) is 0. The molecule has 0 aliphatic heterocycles. The highest BCUT2D eigenvalue weighted by atomic mass is 28.3. The zero-order valence-electron chi connectivity index (χ0n) is 39.5. The van der Waals surface area contributed by atoms with Gasteiger partial charge in [-0.1, -0.05) is 135 Å².